The summed E-state index contributed by atoms with van der Waals surface area (Å²) in [5.74, 6) is 0.539. The monoisotopic (exact) mass is 424 g/mol. The predicted octanol–water partition coefficient (Wildman–Crippen LogP) is 5.99. The van der Waals surface area contributed by atoms with Gasteiger partial charge in [-0.2, -0.15) is 0 Å². The number of nitrogens with one attached hydrogen (secondary N) is 2. The molecule has 0 saturated heterocycles. The summed E-state index contributed by atoms with van der Waals surface area (Å²) in [7, 11) is 0. The minimum atomic E-state index is -0.277. The van der Waals surface area contributed by atoms with Crippen molar-refractivity contribution in [3.63, 3.8) is 0 Å². The van der Waals surface area contributed by atoms with Crippen LogP contribution in [0.3, 0.4) is 0 Å². The largest absolute Gasteiger partial charge is 0.361 e. The maximum atomic E-state index is 14.9. The molecule has 1 atom stereocenters. The van der Waals surface area contributed by atoms with Crippen molar-refractivity contribution in [1.29, 1.82) is 0 Å². The summed E-state index contributed by atoms with van der Waals surface area (Å²) in [6.07, 6.45) is 3.64. The summed E-state index contributed by atoms with van der Waals surface area (Å²) in [5, 5.41) is 4.70. The Morgan fingerprint density at radius 2 is 1.69 bits per heavy atom. The van der Waals surface area contributed by atoms with Crippen molar-refractivity contribution in [1.82, 2.24) is 4.98 Å². The molecule has 2 N–H and O–H groups in total. The van der Waals surface area contributed by atoms with Crippen LogP contribution in [0.4, 0.5) is 10.1 Å². The summed E-state index contributed by atoms with van der Waals surface area (Å²) in [6.45, 7) is 2.82. The average Bonchev–Trinajstić information content (AvgIpc) is 3.16. The van der Waals surface area contributed by atoms with E-state index >= 15 is 0 Å². The molecule has 0 fully saturated rings. The fraction of sp³-hybridized carbons (Fsp3) is 0.185. The molecule has 0 saturated carbocycles. The van der Waals surface area contributed by atoms with Crippen LogP contribution in [0.25, 0.3) is 10.9 Å². The Kier molecular flexibility index (Phi) is 5.55. The molecule has 3 aromatic carbocycles. The highest BCUT2D eigenvalue weighted by molar-refractivity contribution is 6.20. The summed E-state index contributed by atoms with van der Waals surface area (Å²) < 4.78 is 14.9. The quantitative estimate of drug-likeness (QED) is 0.406. The number of para-hydroxylation sites is 2. The molecule has 1 aliphatic heterocycles. The zero-order chi connectivity index (χ0) is 21.9. The van der Waals surface area contributed by atoms with Gasteiger partial charge in [-0.05, 0) is 36.2 Å². The van der Waals surface area contributed by atoms with Crippen LogP contribution < -0.4 is 5.32 Å². The lowest BCUT2D eigenvalue weighted by Gasteiger charge is -2.16. The van der Waals surface area contributed by atoms with E-state index in [1.807, 2.05) is 48.7 Å². The smallest absolute Gasteiger partial charge is 0.132 e. The molecule has 4 aromatic rings. The molecule has 4 nitrogen and oxygen atoms in total. The number of H-pyrrole nitrogens is 1. The molecule has 0 aliphatic carbocycles. The topological polar surface area (TPSA) is 52.5 Å². The molecule has 1 aliphatic rings. The number of benzene rings is 3. The lowest BCUT2D eigenvalue weighted by molar-refractivity contribution is 0.625. The molecule has 0 amide bonds. The van der Waals surface area contributed by atoms with Gasteiger partial charge in [0.15, 0.2) is 0 Å². The van der Waals surface area contributed by atoms with E-state index < -0.39 is 0 Å². The Balaban J connectivity index is 1.67. The van der Waals surface area contributed by atoms with E-state index in [9.17, 15) is 4.39 Å². The molecular weight excluding hydrogens is 399 g/mol. The SMILES string of the molecule is CCCN=C1Nc2ccccc2C(c2ccccc2F)=N[C@@H]1Cc1c[nH]c2ccccc12. The molecule has 0 unspecified atom stereocenters. The van der Waals surface area contributed by atoms with Crippen LogP contribution in [-0.2, 0) is 6.42 Å². The van der Waals surface area contributed by atoms with Crippen LogP contribution in [0.1, 0.15) is 30.0 Å². The maximum absolute atomic E-state index is 14.9. The Hall–Kier alpha value is -3.73. The maximum Gasteiger partial charge on any atom is 0.132 e. The Labute approximate surface area is 186 Å². The van der Waals surface area contributed by atoms with Crippen LogP contribution in [0, 0.1) is 5.82 Å². The molecule has 0 spiro atoms. The number of benzodiazepines with no additional fused rings is 1. The Bertz CT molecular complexity index is 1320. The first kappa shape index (κ1) is 20.2. The standard InChI is InChI=1S/C27H25FN4/c1-2-15-29-27-25(16-18-17-30-23-13-7-4-9-19(18)23)31-26(20-10-3-6-12-22(20)28)21-11-5-8-14-24(21)32-27/h3-14,17,25,30H,2,15-16H2,1H3,(H,29,32)/t25-/m1/s1. The van der Waals surface area contributed by atoms with Gasteiger partial charge in [0.25, 0.3) is 0 Å². The number of aliphatic imine (C=N–C) groups is 2. The number of hydrogen-bond acceptors (Lipinski definition) is 2. The number of amidine groups is 1. The van der Waals surface area contributed by atoms with Gasteiger partial charge >= 0.3 is 0 Å². The van der Waals surface area contributed by atoms with Crippen molar-refractivity contribution in [3.8, 4) is 0 Å². The highest BCUT2D eigenvalue weighted by atomic mass is 19.1. The van der Waals surface area contributed by atoms with Crippen molar-refractivity contribution in [2.45, 2.75) is 25.8 Å². The normalized spacial score (nSPS) is 17.0. The van der Waals surface area contributed by atoms with Gasteiger partial charge in [-0.3, -0.25) is 9.98 Å². The summed E-state index contributed by atoms with van der Waals surface area (Å²) >= 11 is 0. The van der Waals surface area contributed by atoms with Gasteiger partial charge in [0.05, 0.1) is 5.71 Å². The van der Waals surface area contributed by atoms with Crippen molar-refractivity contribution >= 4 is 28.1 Å². The zero-order valence-electron chi connectivity index (χ0n) is 18.0. The van der Waals surface area contributed by atoms with E-state index in [1.165, 1.54) is 17.0 Å². The zero-order valence-corrected chi connectivity index (χ0v) is 18.0. The van der Waals surface area contributed by atoms with Gasteiger partial charge in [-0.15, -0.1) is 0 Å². The van der Waals surface area contributed by atoms with Gasteiger partial charge in [0.2, 0.25) is 0 Å². The van der Waals surface area contributed by atoms with Crippen LogP contribution in [0.5, 0.6) is 0 Å². The van der Waals surface area contributed by atoms with Gasteiger partial charge in [0, 0.05) is 46.9 Å². The third kappa shape index (κ3) is 3.82. The number of aromatic nitrogens is 1. The number of nitrogens with zero attached hydrogens (tertiary/aromatic N) is 2. The average molecular weight is 425 g/mol. The first-order valence-electron chi connectivity index (χ1n) is 11.0. The first-order valence-corrected chi connectivity index (χ1v) is 11.0. The van der Waals surface area contributed by atoms with Crippen LogP contribution >= 0.6 is 0 Å². The van der Waals surface area contributed by atoms with Crippen molar-refractivity contribution < 1.29 is 4.39 Å². The highest BCUT2D eigenvalue weighted by Crippen LogP contribution is 2.28. The molecule has 5 heteroatoms. The number of fused-ring (bicyclic) bond motifs is 2. The minimum Gasteiger partial charge on any atom is -0.361 e. The van der Waals surface area contributed by atoms with Crippen LogP contribution in [-0.4, -0.2) is 29.1 Å². The van der Waals surface area contributed by atoms with E-state index in [0.717, 1.165) is 29.0 Å². The number of halogens is 1. The molecule has 5 rings (SSSR count). The summed E-state index contributed by atoms with van der Waals surface area (Å²) in [4.78, 5) is 13.3. The van der Waals surface area contributed by atoms with E-state index in [2.05, 4.69) is 29.4 Å². The summed E-state index contributed by atoms with van der Waals surface area (Å²) in [6, 6.07) is 22.7. The molecule has 0 bridgehead atoms. The lowest BCUT2D eigenvalue weighted by atomic mass is 10.00. The number of anilines is 1. The Morgan fingerprint density at radius 3 is 2.53 bits per heavy atom. The highest BCUT2D eigenvalue weighted by Gasteiger charge is 2.26. The fourth-order valence-electron chi connectivity index (χ4n) is 4.20. The van der Waals surface area contributed by atoms with Crippen molar-refractivity contribution in [2.24, 2.45) is 9.98 Å². The third-order valence-corrected chi connectivity index (χ3v) is 5.77. The molecule has 160 valence electrons. The predicted molar refractivity (Wildman–Crippen MR) is 130 cm³/mol. The molecule has 2 heterocycles. The summed E-state index contributed by atoms with van der Waals surface area (Å²) in [5.41, 5.74) is 5.19. The van der Waals surface area contributed by atoms with Gasteiger partial charge < -0.3 is 10.3 Å². The number of rotatable bonds is 5. The van der Waals surface area contributed by atoms with Gasteiger partial charge in [0.1, 0.15) is 17.7 Å². The molecular formula is C27H25FN4. The number of aromatic amines is 1. The van der Waals surface area contributed by atoms with Gasteiger partial charge in [-0.1, -0.05) is 55.5 Å². The Morgan fingerprint density at radius 1 is 0.938 bits per heavy atom. The second kappa shape index (κ2) is 8.79. The van der Waals surface area contributed by atoms with E-state index in [-0.39, 0.29) is 11.9 Å². The van der Waals surface area contributed by atoms with E-state index in [4.69, 9.17) is 9.98 Å². The number of hydrogen-bond donors (Lipinski definition) is 2. The van der Waals surface area contributed by atoms with E-state index in [1.54, 1.807) is 12.1 Å². The molecule has 0 radical (unpaired) electrons. The van der Waals surface area contributed by atoms with E-state index in [0.29, 0.717) is 24.2 Å². The molecule has 1 aromatic heterocycles. The second-order valence-electron chi connectivity index (χ2n) is 7.97. The third-order valence-electron chi connectivity index (χ3n) is 5.77. The minimum absolute atomic E-state index is 0.261. The van der Waals surface area contributed by atoms with Crippen molar-refractivity contribution in [2.75, 3.05) is 11.9 Å². The first-order chi connectivity index (χ1) is 15.7. The lowest BCUT2D eigenvalue weighted by Crippen LogP contribution is -2.28. The molecule has 32 heavy (non-hydrogen) atoms. The van der Waals surface area contributed by atoms with Crippen LogP contribution in [0.15, 0.2) is 89.0 Å². The van der Waals surface area contributed by atoms with Crippen molar-refractivity contribution in [3.05, 3.63) is 102 Å². The van der Waals surface area contributed by atoms with Crippen LogP contribution in [0.2, 0.25) is 0 Å². The second-order valence-corrected chi connectivity index (χ2v) is 7.97. The fourth-order valence-corrected chi connectivity index (χ4v) is 4.20. The van der Waals surface area contributed by atoms with Gasteiger partial charge in [-0.25, -0.2) is 4.39 Å².